The van der Waals surface area contributed by atoms with Crippen LogP contribution in [0.5, 0.6) is 0 Å². The molecule has 0 atom stereocenters. The normalized spacial score (nSPS) is 10.4. The summed E-state index contributed by atoms with van der Waals surface area (Å²) in [6.45, 7) is 1.54. The molecule has 0 saturated heterocycles. The minimum Gasteiger partial charge on any atom is -0.388 e. The van der Waals surface area contributed by atoms with Crippen LogP contribution < -0.4 is 0 Å². The van der Waals surface area contributed by atoms with Gasteiger partial charge in [0.2, 0.25) is 0 Å². The van der Waals surface area contributed by atoms with E-state index in [2.05, 4.69) is 5.16 Å². The molecule has 0 bridgehead atoms. The van der Waals surface area contributed by atoms with E-state index in [-0.39, 0.29) is 6.61 Å². The van der Waals surface area contributed by atoms with Gasteiger partial charge in [-0.1, -0.05) is 29.4 Å². The van der Waals surface area contributed by atoms with Crippen LogP contribution in [0.25, 0.3) is 11.1 Å². The number of carbonyl (C=O) groups excluding carboxylic acids is 1. The van der Waals surface area contributed by atoms with Gasteiger partial charge in [0.25, 0.3) is 0 Å². The van der Waals surface area contributed by atoms with Crippen LogP contribution >= 0.6 is 0 Å². The molecule has 1 aromatic heterocycles. The number of benzene rings is 1. The zero-order valence-electron chi connectivity index (χ0n) is 8.80. The van der Waals surface area contributed by atoms with Gasteiger partial charge in [-0.3, -0.25) is 4.79 Å². The van der Waals surface area contributed by atoms with Crippen LogP contribution in [-0.2, 0) is 6.61 Å². The van der Waals surface area contributed by atoms with Gasteiger partial charge in [-0.15, -0.1) is 0 Å². The van der Waals surface area contributed by atoms with Crippen LogP contribution in [-0.4, -0.2) is 16.5 Å². The number of aromatic nitrogens is 1. The molecule has 82 valence electrons. The largest absolute Gasteiger partial charge is 0.388 e. The lowest BCUT2D eigenvalue weighted by Crippen LogP contribution is -1.91. The summed E-state index contributed by atoms with van der Waals surface area (Å²) in [5, 5.41) is 12.9. The molecular formula is C12H11NO3. The number of aldehydes is 1. The van der Waals surface area contributed by atoms with Gasteiger partial charge in [0.15, 0.2) is 12.0 Å². The van der Waals surface area contributed by atoms with Gasteiger partial charge in [-0.2, -0.15) is 0 Å². The summed E-state index contributed by atoms with van der Waals surface area (Å²) < 4.78 is 4.98. The second kappa shape index (κ2) is 4.28. The predicted octanol–water partition coefficient (Wildman–Crippen LogP) is 1.95. The molecule has 0 spiro atoms. The van der Waals surface area contributed by atoms with Gasteiger partial charge < -0.3 is 9.63 Å². The van der Waals surface area contributed by atoms with Crippen molar-refractivity contribution in [2.75, 3.05) is 0 Å². The van der Waals surface area contributed by atoms with Gasteiger partial charge in [0.05, 0.1) is 11.3 Å². The van der Waals surface area contributed by atoms with Gasteiger partial charge in [0.1, 0.15) is 6.61 Å². The minimum absolute atomic E-state index is 0.233. The Morgan fingerprint density at radius 1 is 1.44 bits per heavy atom. The molecular weight excluding hydrogens is 206 g/mol. The fraction of sp³-hybridized carbons (Fsp3) is 0.167. The van der Waals surface area contributed by atoms with Gasteiger partial charge >= 0.3 is 0 Å². The van der Waals surface area contributed by atoms with Gasteiger partial charge in [0, 0.05) is 5.56 Å². The SMILES string of the molecule is Cc1noc(CO)c1-c1ccccc1C=O. The predicted molar refractivity (Wildman–Crippen MR) is 58.0 cm³/mol. The highest BCUT2D eigenvalue weighted by Gasteiger charge is 2.16. The summed E-state index contributed by atoms with van der Waals surface area (Å²) in [6.07, 6.45) is 0.781. The van der Waals surface area contributed by atoms with Gasteiger partial charge in [-0.25, -0.2) is 0 Å². The first-order valence-electron chi connectivity index (χ1n) is 4.88. The smallest absolute Gasteiger partial charge is 0.170 e. The summed E-state index contributed by atoms with van der Waals surface area (Å²) in [4.78, 5) is 10.9. The molecule has 0 aliphatic carbocycles. The van der Waals surface area contributed by atoms with Crippen molar-refractivity contribution in [1.82, 2.24) is 5.16 Å². The first kappa shape index (κ1) is 10.6. The second-order valence-electron chi connectivity index (χ2n) is 3.43. The third-order valence-corrected chi connectivity index (χ3v) is 2.43. The Labute approximate surface area is 92.5 Å². The number of nitrogens with zero attached hydrogens (tertiary/aromatic N) is 1. The van der Waals surface area contributed by atoms with Crippen molar-refractivity contribution in [3.05, 3.63) is 41.3 Å². The Balaban J connectivity index is 2.66. The van der Waals surface area contributed by atoms with Crippen LogP contribution in [0.2, 0.25) is 0 Å². The van der Waals surface area contributed by atoms with E-state index in [1.165, 1.54) is 0 Å². The molecule has 0 saturated carbocycles. The summed E-state index contributed by atoms with van der Waals surface area (Å²) in [5.41, 5.74) is 2.66. The zero-order chi connectivity index (χ0) is 11.5. The first-order chi connectivity index (χ1) is 7.77. The maximum atomic E-state index is 10.9. The Morgan fingerprint density at radius 3 is 2.88 bits per heavy atom. The summed E-state index contributed by atoms with van der Waals surface area (Å²) in [5.74, 6) is 0.381. The van der Waals surface area contributed by atoms with E-state index in [1.54, 1.807) is 19.1 Å². The van der Waals surface area contributed by atoms with Crippen LogP contribution in [0, 0.1) is 6.92 Å². The molecule has 4 heteroatoms. The summed E-state index contributed by atoms with van der Waals surface area (Å²) >= 11 is 0. The Hall–Kier alpha value is -1.94. The van der Waals surface area contributed by atoms with Crippen LogP contribution in [0.15, 0.2) is 28.8 Å². The molecule has 1 heterocycles. The maximum absolute atomic E-state index is 10.9. The second-order valence-corrected chi connectivity index (χ2v) is 3.43. The Bertz CT molecular complexity index is 517. The highest BCUT2D eigenvalue weighted by Crippen LogP contribution is 2.29. The quantitative estimate of drug-likeness (QED) is 0.798. The molecule has 0 unspecified atom stereocenters. The van der Waals surface area contributed by atoms with Crippen LogP contribution in [0.1, 0.15) is 21.8 Å². The van der Waals surface area contributed by atoms with E-state index < -0.39 is 0 Å². The number of hydrogen-bond acceptors (Lipinski definition) is 4. The lowest BCUT2D eigenvalue weighted by atomic mass is 9.99. The van der Waals surface area contributed by atoms with Crippen molar-refractivity contribution < 1.29 is 14.4 Å². The van der Waals surface area contributed by atoms with E-state index in [0.29, 0.717) is 22.6 Å². The van der Waals surface area contributed by atoms with E-state index in [4.69, 9.17) is 9.63 Å². The van der Waals surface area contributed by atoms with Crippen molar-refractivity contribution in [2.24, 2.45) is 0 Å². The number of aliphatic hydroxyl groups excluding tert-OH is 1. The lowest BCUT2D eigenvalue weighted by Gasteiger charge is -2.03. The third kappa shape index (κ3) is 1.63. The molecule has 4 nitrogen and oxygen atoms in total. The minimum atomic E-state index is -0.233. The number of rotatable bonds is 3. The molecule has 1 aromatic carbocycles. The molecule has 0 radical (unpaired) electrons. The Kier molecular flexibility index (Phi) is 2.83. The molecule has 0 aliphatic rings. The van der Waals surface area contributed by atoms with Crippen molar-refractivity contribution in [3.63, 3.8) is 0 Å². The average molecular weight is 217 g/mol. The number of carbonyl (C=O) groups is 1. The fourth-order valence-corrected chi connectivity index (χ4v) is 1.70. The molecule has 16 heavy (non-hydrogen) atoms. The standard InChI is InChI=1S/C12H11NO3/c1-8-12(11(7-15)16-13-8)10-5-3-2-4-9(10)6-14/h2-6,15H,7H2,1H3. The molecule has 2 rings (SSSR count). The Morgan fingerprint density at radius 2 is 2.19 bits per heavy atom. The molecule has 1 N–H and O–H groups in total. The van der Waals surface area contributed by atoms with Crippen molar-refractivity contribution >= 4 is 6.29 Å². The fourth-order valence-electron chi connectivity index (χ4n) is 1.70. The summed E-state index contributed by atoms with van der Waals surface area (Å²) in [6, 6.07) is 7.14. The average Bonchev–Trinajstić information content (AvgIpc) is 2.70. The van der Waals surface area contributed by atoms with Crippen LogP contribution in [0.4, 0.5) is 0 Å². The van der Waals surface area contributed by atoms with E-state index in [1.807, 2.05) is 12.1 Å². The highest BCUT2D eigenvalue weighted by atomic mass is 16.5. The summed E-state index contributed by atoms with van der Waals surface area (Å²) in [7, 11) is 0. The first-order valence-corrected chi connectivity index (χ1v) is 4.88. The van der Waals surface area contributed by atoms with Gasteiger partial charge in [-0.05, 0) is 12.5 Å². The van der Waals surface area contributed by atoms with E-state index in [9.17, 15) is 4.79 Å². The zero-order valence-corrected chi connectivity index (χ0v) is 8.80. The number of hydrogen-bond donors (Lipinski definition) is 1. The van der Waals surface area contributed by atoms with Crippen LogP contribution in [0.3, 0.4) is 0 Å². The van der Waals surface area contributed by atoms with E-state index in [0.717, 1.165) is 11.8 Å². The topological polar surface area (TPSA) is 63.3 Å². The van der Waals surface area contributed by atoms with E-state index >= 15 is 0 Å². The third-order valence-electron chi connectivity index (χ3n) is 2.43. The molecule has 2 aromatic rings. The van der Waals surface area contributed by atoms with Crippen molar-refractivity contribution in [2.45, 2.75) is 13.5 Å². The highest BCUT2D eigenvalue weighted by molar-refractivity contribution is 5.88. The molecule has 0 fully saturated rings. The van der Waals surface area contributed by atoms with Crippen molar-refractivity contribution in [1.29, 1.82) is 0 Å². The maximum Gasteiger partial charge on any atom is 0.170 e. The van der Waals surface area contributed by atoms with Crippen molar-refractivity contribution in [3.8, 4) is 11.1 Å². The number of aryl methyl sites for hydroxylation is 1. The molecule has 0 amide bonds. The molecule has 0 aliphatic heterocycles. The number of aliphatic hydroxyl groups is 1. The monoisotopic (exact) mass is 217 g/mol. The lowest BCUT2D eigenvalue weighted by molar-refractivity contribution is 0.112.